The second-order valence-electron chi connectivity index (χ2n) is 9.20. The molecule has 180 valence electrons. The molecule has 7 heteroatoms. The molecule has 0 saturated heterocycles. The molecule has 2 aliphatic rings. The maximum atomic E-state index is 13.1. The van der Waals surface area contributed by atoms with Crippen molar-refractivity contribution in [2.75, 3.05) is 0 Å². The molecule has 2 aromatic carbocycles. The van der Waals surface area contributed by atoms with Crippen molar-refractivity contribution in [3.63, 3.8) is 0 Å². The molecular formula is C27H29Cl2F3SiZr. The fraction of sp³-hybridized carbons (Fsp3) is 0.333. The average Bonchev–Trinajstić information content (AvgIpc) is 3.21. The van der Waals surface area contributed by atoms with E-state index in [4.69, 9.17) is 0 Å². The van der Waals surface area contributed by atoms with Crippen molar-refractivity contribution >= 4 is 11.0 Å². The smallest absolute Gasteiger partial charge is 1.00 e. The van der Waals surface area contributed by atoms with Crippen LogP contribution in [0.2, 0.25) is 13.1 Å². The first kappa shape index (κ1) is 29.4. The monoisotopic (exact) mass is 598 g/mol. The topological polar surface area (TPSA) is 0 Å². The molecule has 0 aromatic heterocycles. The number of allylic oxidation sites excluding steroid dienone is 5. The Bertz CT molecular complexity index is 1220. The molecule has 4 rings (SSSR count). The molecular weight excluding hydrogens is 572 g/mol. The van der Waals surface area contributed by atoms with Gasteiger partial charge in [0.2, 0.25) is 0 Å². The van der Waals surface area contributed by atoms with Crippen LogP contribution in [0.5, 0.6) is 0 Å². The first-order chi connectivity index (χ1) is 15.0. The van der Waals surface area contributed by atoms with E-state index in [0.29, 0.717) is 9.54 Å². The number of benzene rings is 2. The molecule has 34 heavy (non-hydrogen) atoms. The molecule has 0 N–H and O–H groups in total. The Morgan fingerprint density at radius 2 is 1.44 bits per heavy atom. The van der Waals surface area contributed by atoms with Gasteiger partial charge in [0.15, 0.2) is 0 Å². The van der Waals surface area contributed by atoms with Crippen LogP contribution in [-0.2, 0) is 26.5 Å². The van der Waals surface area contributed by atoms with E-state index in [2.05, 4.69) is 65.1 Å². The quantitative estimate of drug-likeness (QED) is 0.475. The summed E-state index contributed by atoms with van der Waals surface area (Å²) in [6.45, 7) is 14.2. The van der Waals surface area contributed by atoms with Crippen molar-refractivity contribution in [3.8, 4) is 0 Å². The van der Waals surface area contributed by atoms with Crippen LogP contribution in [-0.4, -0.2) is 5.43 Å². The summed E-state index contributed by atoms with van der Waals surface area (Å²) >= 11 is -2.11. The predicted molar refractivity (Wildman–Crippen MR) is 125 cm³/mol. The summed E-state index contributed by atoms with van der Waals surface area (Å²) in [4.78, 5) is 0. The second-order valence-corrected chi connectivity index (χ2v) is 26.7. The van der Waals surface area contributed by atoms with E-state index >= 15 is 0 Å². The number of alkyl halides is 3. The molecule has 2 atom stereocenters. The van der Waals surface area contributed by atoms with E-state index in [1.165, 1.54) is 40.0 Å². The van der Waals surface area contributed by atoms with Gasteiger partial charge in [-0.05, 0) is 0 Å². The van der Waals surface area contributed by atoms with Gasteiger partial charge < -0.3 is 24.8 Å². The molecule has 0 saturated carbocycles. The molecule has 0 radical (unpaired) electrons. The van der Waals surface area contributed by atoms with Gasteiger partial charge in [0.1, 0.15) is 0 Å². The Kier molecular flexibility index (Phi) is 9.53. The summed E-state index contributed by atoms with van der Waals surface area (Å²) in [5, 5.41) is 0. The van der Waals surface area contributed by atoms with E-state index in [-0.39, 0.29) is 24.8 Å². The van der Waals surface area contributed by atoms with E-state index in [9.17, 15) is 13.2 Å². The van der Waals surface area contributed by atoms with Crippen LogP contribution in [0.1, 0.15) is 53.6 Å². The van der Waals surface area contributed by atoms with Gasteiger partial charge in [-0.15, -0.1) is 0 Å². The Morgan fingerprint density at radius 3 is 1.94 bits per heavy atom. The number of halogens is 5. The molecule has 0 heterocycles. The number of hydrogen-bond donors (Lipinski definition) is 0. The van der Waals surface area contributed by atoms with E-state index in [0.717, 1.165) is 11.1 Å². The summed E-state index contributed by atoms with van der Waals surface area (Å²) in [7, 11) is 0. The summed E-state index contributed by atoms with van der Waals surface area (Å²) < 4.78 is 41.5. The van der Waals surface area contributed by atoms with E-state index < -0.39 is 37.5 Å². The van der Waals surface area contributed by atoms with E-state index in [1.54, 1.807) is 15.4 Å². The van der Waals surface area contributed by atoms with Crippen molar-refractivity contribution in [1.82, 2.24) is 0 Å². The van der Waals surface area contributed by atoms with Crippen LogP contribution in [0.15, 0.2) is 74.6 Å². The Balaban J connectivity index is 0.00000204. The molecule has 2 aromatic rings. The first-order valence-corrected chi connectivity index (χ1v) is 19.9. The Labute approximate surface area is 221 Å². The zero-order chi connectivity index (χ0) is 23.4. The van der Waals surface area contributed by atoms with Crippen LogP contribution in [0.25, 0.3) is 5.57 Å². The molecule has 0 amide bonds. The van der Waals surface area contributed by atoms with Gasteiger partial charge in [0.25, 0.3) is 0 Å². The molecule has 2 aliphatic carbocycles. The molecule has 2 unspecified atom stereocenters. The summed E-state index contributed by atoms with van der Waals surface area (Å²) in [5.41, 5.74) is 7.97. The fourth-order valence-corrected chi connectivity index (χ4v) is 24.9. The van der Waals surface area contributed by atoms with Gasteiger partial charge in [0.05, 0.1) is 0 Å². The Hall–Kier alpha value is -0.870. The summed E-state index contributed by atoms with van der Waals surface area (Å²) in [6.07, 6.45) is -1.90. The molecule has 0 aliphatic heterocycles. The van der Waals surface area contributed by atoms with Gasteiger partial charge in [0, 0.05) is 0 Å². The SMILES string of the molecule is CC1=C(C)C(C)[C]([Zr+2]([CH]2C=C(c3ccc(C(F)(F)F)cc3)c3ccccc32)=[Si](C)C)=C1C.[Cl-].[Cl-]. The maximum Gasteiger partial charge on any atom is -1.00 e. The van der Waals surface area contributed by atoms with Crippen molar-refractivity contribution in [2.24, 2.45) is 5.92 Å². The summed E-state index contributed by atoms with van der Waals surface area (Å²) in [6, 6.07) is 14.3. The zero-order valence-electron chi connectivity index (χ0n) is 20.2. The third-order valence-electron chi connectivity index (χ3n) is 7.22. The predicted octanol–water partition coefficient (Wildman–Crippen LogP) is 2.33. The first-order valence-electron chi connectivity index (χ1n) is 11.1. The number of rotatable bonds is 3. The minimum Gasteiger partial charge on any atom is -1.00 e. The molecule has 0 fully saturated rings. The van der Waals surface area contributed by atoms with Gasteiger partial charge in [-0.1, -0.05) is 0 Å². The van der Waals surface area contributed by atoms with Gasteiger partial charge in [-0.25, -0.2) is 0 Å². The van der Waals surface area contributed by atoms with Crippen LogP contribution in [0.4, 0.5) is 13.2 Å². The third-order valence-corrected chi connectivity index (χ3v) is 25.8. The van der Waals surface area contributed by atoms with E-state index in [1.807, 2.05) is 6.07 Å². The maximum absolute atomic E-state index is 13.1. The van der Waals surface area contributed by atoms with Crippen molar-refractivity contribution in [3.05, 3.63) is 96.9 Å². The van der Waals surface area contributed by atoms with Gasteiger partial charge in [-0.2, -0.15) is 0 Å². The minimum absolute atomic E-state index is 0. The van der Waals surface area contributed by atoms with Crippen molar-refractivity contribution < 1.29 is 58.4 Å². The summed E-state index contributed by atoms with van der Waals surface area (Å²) in [5.74, 6) is 0.528. The fourth-order valence-electron chi connectivity index (χ4n) is 5.24. The largest absolute Gasteiger partial charge is 1.00 e. The normalized spacial score (nSPS) is 19.1. The third kappa shape index (κ3) is 5.14. The van der Waals surface area contributed by atoms with Crippen molar-refractivity contribution in [1.29, 1.82) is 0 Å². The molecule has 0 nitrogen and oxygen atoms in total. The number of fused-ring (bicyclic) bond motifs is 1. The van der Waals surface area contributed by atoms with Crippen LogP contribution in [0.3, 0.4) is 0 Å². The average molecular weight is 601 g/mol. The number of hydrogen-bond acceptors (Lipinski definition) is 0. The zero-order valence-corrected chi connectivity index (χ0v) is 25.2. The van der Waals surface area contributed by atoms with Gasteiger partial charge in [-0.3, -0.25) is 0 Å². The minimum atomic E-state index is -4.31. The molecule has 0 bridgehead atoms. The van der Waals surface area contributed by atoms with Crippen molar-refractivity contribution in [2.45, 2.75) is 50.6 Å². The molecule has 0 spiro atoms. The van der Waals surface area contributed by atoms with Crippen LogP contribution < -0.4 is 24.8 Å². The second kappa shape index (κ2) is 11.0. The van der Waals surface area contributed by atoms with Gasteiger partial charge >= 0.3 is 198 Å². The standard InChI is InChI=1S/C16H10F3.C9H13.C2H6Si.2ClH.Zr/c17-16(18,19)13-8-5-12(6-9-13)15-10-7-11-3-1-2-4-14(11)15;1-6-5-7(2)9(4)8(6)3;1-3-2;;;/h1-10H;6H,1-4H3;1-2H3;2*1H;/q;;;;;+2/p-2. The van der Waals surface area contributed by atoms with Crippen LogP contribution >= 0.6 is 0 Å². The van der Waals surface area contributed by atoms with Crippen LogP contribution in [0, 0.1) is 5.92 Å². The Morgan fingerprint density at radius 1 is 0.853 bits per heavy atom.